The van der Waals surface area contributed by atoms with E-state index in [1.165, 1.54) is 4.68 Å². The van der Waals surface area contributed by atoms with Gasteiger partial charge in [-0.25, -0.2) is 8.78 Å². The summed E-state index contributed by atoms with van der Waals surface area (Å²) >= 11 is 0. The van der Waals surface area contributed by atoms with Crippen LogP contribution in [0.15, 0.2) is 23.0 Å². The largest absolute Gasteiger partial charge is 0.305 e. The molecular weight excluding hydrogens is 338 g/mol. The predicted molar refractivity (Wildman–Crippen MR) is 83.1 cm³/mol. The minimum atomic E-state index is -1.83. The second kappa shape index (κ2) is 5.80. The van der Waals surface area contributed by atoms with Crippen LogP contribution in [0.3, 0.4) is 0 Å². The number of aromatic amines is 1. The van der Waals surface area contributed by atoms with Gasteiger partial charge in [0.1, 0.15) is 5.82 Å². The molecule has 3 rings (SSSR count). The van der Waals surface area contributed by atoms with E-state index in [9.17, 15) is 28.5 Å². The number of nitro groups is 1. The zero-order valence-corrected chi connectivity index (χ0v) is 13.2. The van der Waals surface area contributed by atoms with Crippen LogP contribution >= 0.6 is 0 Å². The molecule has 0 fully saturated rings. The molecule has 1 aliphatic heterocycles. The molecule has 132 valence electrons. The molecular formula is C15H14F2N4O4. The molecule has 0 saturated heterocycles. The normalized spacial score (nSPS) is 19.6. The molecule has 0 saturated carbocycles. The number of halogens is 2. The Balaban J connectivity index is 2.29. The van der Waals surface area contributed by atoms with Gasteiger partial charge in [0.05, 0.1) is 11.5 Å². The van der Waals surface area contributed by atoms with Gasteiger partial charge in [0.25, 0.3) is 5.56 Å². The lowest BCUT2D eigenvalue weighted by molar-refractivity contribution is -0.509. The van der Waals surface area contributed by atoms with Crippen molar-refractivity contribution in [1.29, 1.82) is 0 Å². The number of aromatic nitrogens is 2. The minimum Gasteiger partial charge on any atom is -0.305 e. The maximum Gasteiger partial charge on any atom is 0.301 e. The number of amides is 1. The zero-order valence-electron chi connectivity index (χ0n) is 13.2. The molecule has 1 amide bonds. The number of carbonyl (C=O) groups excluding carboxylic acids is 1. The predicted octanol–water partition coefficient (Wildman–Crippen LogP) is 1.76. The summed E-state index contributed by atoms with van der Waals surface area (Å²) in [7, 11) is 0. The van der Waals surface area contributed by atoms with Gasteiger partial charge in [-0.2, -0.15) is 0 Å². The SMILES string of the molecule is CC(C)n1[nH]c(=O)c2c1NC(=O)[C@@H]([N+](=O)[O-])[C@H]2c1ccc(F)c(F)c1. The van der Waals surface area contributed by atoms with Crippen molar-refractivity contribution in [2.75, 3.05) is 5.32 Å². The van der Waals surface area contributed by atoms with Gasteiger partial charge in [0, 0.05) is 11.0 Å². The monoisotopic (exact) mass is 352 g/mol. The molecule has 8 nitrogen and oxygen atoms in total. The summed E-state index contributed by atoms with van der Waals surface area (Å²) in [6.07, 6.45) is 0. The van der Waals surface area contributed by atoms with E-state index in [1.54, 1.807) is 13.8 Å². The van der Waals surface area contributed by atoms with Gasteiger partial charge in [-0.05, 0) is 31.5 Å². The van der Waals surface area contributed by atoms with E-state index >= 15 is 0 Å². The van der Waals surface area contributed by atoms with Crippen molar-refractivity contribution in [3.63, 3.8) is 0 Å². The number of rotatable bonds is 3. The van der Waals surface area contributed by atoms with Crippen molar-refractivity contribution in [2.45, 2.75) is 31.8 Å². The Bertz CT molecular complexity index is 934. The Morgan fingerprint density at radius 1 is 1.24 bits per heavy atom. The van der Waals surface area contributed by atoms with Gasteiger partial charge in [-0.1, -0.05) is 6.07 Å². The third-order valence-corrected chi connectivity index (χ3v) is 4.15. The molecule has 2 atom stereocenters. The molecule has 10 heteroatoms. The fourth-order valence-electron chi connectivity index (χ4n) is 3.04. The first-order chi connectivity index (χ1) is 11.7. The van der Waals surface area contributed by atoms with E-state index in [0.29, 0.717) is 0 Å². The number of nitrogens with one attached hydrogen (secondary N) is 2. The van der Waals surface area contributed by atoms with Gasteiger partial charge in [-0.3, -0.25) is 29.5 Å². The summed E-state index contributed by atoms with van der Waals surface area (Å²) in [6.45, 7) is 3.49. The molecule has 0 aliphatic carbocycles. The molecule has 2 heterocycles. The Morgan fingerprint density at radius 2 is 1.92 bits per heavy atom. The summed E-state index contributed by atoms with van der Waals surface area (Å²) in [6, 6.07) is 0.636. The minimum absolute atomic E-state index is 0.0243. The van der Waals surface area contributed by atoms with Crippen LogP contribution in [0, 0.1) is 21.7 Å². The molecule has 1 aromatic carbocycles. The Hall–Kier alpha value is -3.04. The number of hydrogen-bond acceptors (Lipinski definition) is 4. The summed E-state index contributed by atoms with van der Waals surface area (Å²) in [5, 5.41) is 16.3. The lowest BCUT2D eigenvalue weighted by Crippen LogP contribution is -2.45. The maximum atomic E-state index is 13.6. The van der Waals surface area contributed by atoms with Crippen LogP contribution in [-0.2, 0) is 4.79 Å². The summed E-state index contributed by atoms with van der Waals surface area (Å²) in [5.74, 6) is -4.52. The summed E-state index contributed by atoms with van der Waals surface area (Å²) in [5.41, 5.74) is -0.713. The lowest BCUT2D eigenvalue weighted by Gasteiger charge is -2.26. The number of nitrogens with zero attached hydrogens (tertiary/aromatic N) is 2. The number of fused-ring (bicyclic) bond motifs is 1. The fraction of sp³-hybridized carbons (Fsp3) is 0.333. The number of hydrogen-bond donors (Lipinski definition) is 2. The third-order valence-electron chi connectivity index (χ3n) is 4.15. The smallest absolute Gasteiger partial charge is 0.301 e. The van der Waals surface area contributed by atoms with E-state index < -0.39 is 40.0 Å². The number of benzene rings is 1. The van der Waals surface area contributed by atoms with Gasteiger partial charge in [0.2, 0.25) is 0 Å². The van der Waals surface area contributed by atoms with Crippen molar-refractivity contribution in [1.82, 2.24) is 9.78 Å². The first-order valence-electron chi connectivity index (χ1n) is 7.46. The average molecular weight is 352 g/mol. The highest BCUT2D eigenvalue weighted by Gasteiger charge is 2.48. The number of H-pyrrole nitrogens is 1. The van der Waals surface area contributed by atoms with Crippen molar-refractivity contribution in [3.05, 3.63) is 61.4 Å². The first kappa shape index (κ1) is 16.8. The summed E-state index contributed by atoms with van der Waals surface area (Å²) < 4.78 is 28.2. The van der Waals surface area contributed by atoms with Gasteiger partial charge in [0.15, 0.2) is 11.6 Å². The van der Waals surface area contributed by atoms with Crippen molar-refractivity contribution < 1.29 is 18.5 Å². The van der Waals surface area contributed by atoms with Gasteiger partial charge < -0.3 is 5.32 Å². The Morgan fingerprint density at radius 3 is 2.48 bits per heavy atom. The molecule has 1 aliphatic rings. The highest BCUT2D eigenvalue weighted by Crippen LogP contribution is 2.37. The molecule has 0 bridgehead atoms. The van der Waals surface area contributed by atoms with Crippen LogP contribution < -0.4 is 10.9 Å². The number of carbonyl (C=O) groups is 1. The number of anilines is 1. The van der Waals surface area contributed by atoms with Crippen molar-refractivity contribution in [3.8, 4) is 0 Å². The van der Waals surface area contributed by atoms with E-state index in [2.05, 4.69) is 10.4 Å². The van der Waals surface area contributed by atoms with Crippen LogP contribution in [0.2, 0.25) is 0 Å². The van der Waals surface area contributed by atoms with Crippen LogP contribution in [0.4, 0.5) is 14.6 Å². The fourth-order valence-corrected chi connectivity index (χ4v) is 3.04. The quantitative estimate of drug-likeness (QED) is 0.648. The first-order valence-corrected chi connectivity index (χ1v) is 7.46. The second-order valence-corrected chi connectivity index (χ2v) is 6.04. The third kappa shape index (κ3) is 2.59. The van der Waals surface area contributed by atoms with E-state index in [1.807, 2.05) is 0 Å². The van der Waals surface area contributed by atoms with Gasteiger partial charge in [-0.15, -0.1) is 0 Å². The van der Waals surface area contributed by atoms with Crippen LogP contribution in [0.5, 0.6) is 0 Å². The molecule has 0 unspecified atom stereocenters. The lowest BCUT2D eigenvalue weighted by atomic mass is 9.83. The van der Waals surface area contributed by atoms with Gasteiger partial charge >= 0.3 is 11.9 Å². The molecule has 0 spiro atoms. The van der Waals surface area contributed by atoms with Crippen LogP contribution in [-0.4, -0.2) is 26.7 Å². The van der Waals surface area contributed by atoms with E-state index in [0.717, 1.165) is 18.2 Å². The Kier molecular flexibility index (Phi) is 3.90. The zero-order chi connectivity index (χ0) is 18.5. The van der Waals surface area contributed by atoms with Crippen molar-refractivity contribution >= 4 is 11.7 Å². The molecule has 1 aromatic heterocycles. The highest BCUT2D eigenvalue weighted by atomic mass is 19.2. The summed E-state index contributed by atoms with van der Waals surface area (Å²) in [4.78, 5) is 35.2. The molecule has 25 heavy (non-hydrogen) atoms. The second-order valence-electron chi connectivity index (χ2n) is 6.04. The molecule has 2 aromatic rings. The van der Waals surface area contributed by atoms with E-state index in [-0.39, 0.29) is 23.0 Å². The maximum absolute atomic E-state index is 13.6. The highest BCUT2D eigenvalue weighted by molar-refractivity contribution is 5.97. The van der Waals surface area contributed by atoms with Crippen molar-refractivity contribution in [2.24, 2.45) is 0 Å². The Labute approximate surface area is 139 Å². The van der Waals surface area contributed by atoms with Crippen LogP contribution in [0.25, 0.3) is 0 Å². The standard InChI is InChI=1S/C15H14F2N4O4/c1-6(2)20-13-11(14(22)19-20)10(12(21(24)25)15(23)18-13)7-3-4-8(16)9(17)5-7/h3-6,10,12H,1-2H3,(H,18,23)(H,19,22)/t10-,12-/m0/s1. The van der Waals surface area contributed by atoms with Crippen LogP contribution in [0.1, 0.15) is 36.9 Å². The molecule has 2 N–H and O–H groups in total. The average Bonchev–Trinajstić information content (AvgIpc) is 2.85. The van der Waals surface area contributed by atoms with E-state index in [4.69, 9.17) is 0 Å². The topological polar surface area (TPSA) is 110 Å². The molecule has 0 radical (unpaired) electrons.